The van der Waals surface area contributed by atoms with Gasteiger partial charge in [-0.2, -0.15) is 13.2 Å². The van der Waals surface area contributed by atoms with Gasteiger partial charge >= 0.3 is 6.18 Å². The number of hydrogen-bond acceptors (Lipinski definition) is 1. The lowest BCUT2D eigenvalue weighted by Gasteiger charge is -2.15. The van der Waals surface area contributed by atoms with Crippen LogP contribution in [0.1, 0.15) is 23.6 Å². The Morgan fingerprint density at radius 1 is 1.33 bits per heavy atom. The van der Waals surface area contributed by atoms with Crippen LogP contribution in [0.2, 0.25) is 0 Å². The molecule has 0 amide bonds. The summed E-state index contributed by atoms with van der Waals surface area (Å²) in [5.41, 5.74) is 5.82. The van der Waals surface area contributed by atoms with Crippen molar-refractivity contribution in [3.63, 3.8) is 0 Å². The van der Waals surface area contributed by atoms with E-state index in [1.165, 1.54) is 18.2 Å². The van der Waals surface area contributed by atoms with Gasteiger partial charge in [-0.15, -0.1) is 0 Å². The summed E-state index contributed by atoms with van der Waals surface area (Å²) in [7, 11) is 0. The lowest BCUT2D eigenvalue weighted by Crippen LogP contribution is -2.21. The Morgan fingerprint density at radius 2 is 1.93 bits per heavy atom. The van der Waals surface area contributed by atoms with E-state index in [1.807, 2.05) is 0 Å². The molecule has 5 heteroatoms. The number of hydrogen-bond donors (Lipinski definition) is 1. The first kappa shape index (κ1) is 12.0. The van der Waals surface area contributed by atoms with Crippen molar-refractivity contribution < 1.29 is 17.6 Å². The fourth-order valence-electron chi connectivity index (χ4n) is 1.29. The summed E-state index contributed by atoms with van der Waals surface area (Å²) < 4.78 is 49.2. The van der Waals surface area contributed by atoms with Gasteiger partial charge in [0.05, 0.1) is 6.42 Å². The zero-order valence-electron chi connectivity index (χ0n) is 8.11. The van der Waals surface area contributed by atoms with Gasteiger partial charge < -0.3 is 5.73 Å². The van der Waals surface area contributed by atoms with Crippen LogP contribution in [0.3, 0.4) is 0 Å². The van der Waals surface area contributed by atoms with E-state index in [4.69, 9.17) is 5.73 Å². The number of alkyl halides is 3. The van der Waals surface area contributed by atoms with Crippen LogP contribution in [0.5, 0.6) is 0 Å². The highest BCUT2D eigenvalue weighted by molar-refractivity contribution is 5.25. The average Bonchev–Trinajstić information content (AvgIpc) is 1.99. The van der Waals surface area contributed by atoms with Crippen LogP contribution >= 0.6 is 0 Å². The molecule has 0 unspecified atom stereocenters. The van der Waals surface area contributed by atoms with Crippen molar-refractivity contribution in [2.75, 3.05) is 0 Å². The summed E-state index contributed by atoms with van der Waals surface area (Å²) >= 11 is 0. The van der Waals surface area contributed by atoms with E-state index < -0.39 is 24.5 Å². The summed E-state index contributed by atoms with van der Waals surface area (Å²) in [6.07, 6.45) is -5.59. The van der Waals surface area contributed by atoms with Gasteiger partial charge in [0.15, 0.2) is 0 Å². The summed E-state index contributed by atoms with van der Waals surface area (Å²) in [5, 5.41) is 0. The molecule has 1 nitrogen and oxygen atoms in total. The molecule has 0 aliphatic heterocycles. The molecule has 0 spiro atoms. The quantitative estimate of drug-likeness (QED) is 0.763. The molecule has 1 rings (SSSR count). The number of halogens is 4. The first-order valence-electron chi connectivity index (χ1n) is 4.38. The van der Waals surface area contributed by atoms with Gasteiger partial charge in [-0.25, -0.2) is 4.39 Å². The fraction of sp³-hybridized carbons (Fsp3) is 0.400. The van der Waals surface area contributed by atoms with Crippen LogP contribution in [-0.4, -0.2) is 6.18 Å². The molecular weight excluding hydrogens is 210 g/mol. The van der Waals surface area contributed by atoms with Crippen molar-refractivity contribution in [2.24, 2.45) is 5.73 Å². The average molecular weight is 221 g/mol. The van der Waals surface area contributed by atoms with Crippen LogP contribution in [-0.2, 0) is 0 Å². The monoisotopic (exact) mass is 221 g/mol. The zero-order chi connectivity index (χ0) is 11.6. The van der Waals surface area contributed by atoms with E-state index in [9.17, 15) is 17.6 Å². The van der Waals surface area contributed by atoms with Gasteiger partial charge in [0, 0.05) is 11.6 Å². The molecule has 0 aromatic heterocycles. The number of benzene rings is 1. The first-order chi connectivity index (χ1) is 6.79. The van der Waals surface area contributed by atoms with E-state index in [0.29, 0.717) is 5.56 Å². The predicted molar refractivity (Wildman–Crippen MR) is 48.7 cm³/mol. The maximum Gasteiger partial charge on any atom is 0.390 e. The van der Waals surface area contributed by atoms with Gasteiger partial charge in [0.1, 0.15) is 5.82 Å². The number of nitrogens with two attached hydrogens (primary N) is 1. The highest BCUT2D eigenvalue weighted by Gasteiger charge is 2.31. The van der Waals surface area contributed by atoms with Gasteiger partial charge in [-0.3, -0.25) is 0 Å². The molecule has 1 aromatic rings. The van der Waals surface area contributed by atoms with Crippen molar-refractivity contribution >= 4 is 0 Å². The molecule has 0 saturated carbocycles. The van der Waals surface area contributed by atoms with Crippen molar-refractivity contribution in [1.82, 2.24) is 0 Å². The van der Waals surface area contributed by atoms with Crippen LogP contribution in [0.25, 0.3) is 0 Å². The summed E-state index contributed by atoms with van der Waals surface area (Å²) in [6.45, 7) is 1.65. The number of rotatable bonds is 2. The highest BCUT2D eigenvalue weighted by atomic mass is 19.4. The van der Waals surface area contributed by atoms with Crippen molar-refractivity contribution in [3.05, 3.63) is 35.1 Å². The van der Waals surface area contributed by atoms with Gasteiger partial charge in [-0.1, -0.05) is 12.1 Å². The minimum atomic E-state index is -4.38. The molecule has 0 bridgehead atoms. The van der Waals surface area contributed by atoms with Gasteiger partial charge in [-0.05, 0) is 18.6 Å². The van der Waals surface area contributed by atoms with Crippen molar-refractivity contribution in [2.45, 2.75) is 25.6 Å². The molecule has 0 fully saturated rings. The molecule has 0 heterocycles. The second-order valence-electron chi connectivity index (χ2n) is 3.45. The minimum absolute atomic E-state index is 0.0991. The third-order valence-corrected chi connectivity index (χ3v) is 2.01. The lowest BCUT2D eigenvalue weighted by molar-refractivity contribution is -0.138. The second-order valence-corrected chi connectivity index (χ2v) is 3.45. The van der Waals surface area contributed by atoms with Crippen LogP contribution in [0.4, 0.5) is 17.6 Å². The molecule has 0 saturated heterocycles. The van der Waals surface area contributed by atoms with E-state index in [-0.39, 0.29) is 5.56 Å². The van der Waals surface area contributed by atoms with Crippen LogP contribution in [0.15, 0.2) is 18.2 Å². The molecule has 1 atom stereocenters. The first-order valence-corrected chi connectivity index (χ1v) is 4.38. The Kier molecular flexibility index (Phi) is 3.34. The minimum Gasteiger partial charge on any atom is -0.324 e. The summed E-state index contributed by atoms with van der Waals surface area (Å²) in [4.78, 5) is 0. The predicted octanol–water partition coefficient (Wildman–Crippen LogP) is 3.09. The van der Waals surface area contributed by atoms with E-state index >= 15 is 0 Å². The Balaban J connectivity index is 2.87. The second kappa shape index (κ2) is 4.18. The zero-order valence-corrected chi connectivity index (χ0v) is 8.11. The summed E-state index contributed by atoms with van der Waals surface area (Å²) in [5.74, 6) is -0.688. The molecule has 15 heavy (non-hydrogen) atoms. The fourth-order valence-corrected chi connectivity index (χ4v) is 1.29. The topological polar surface area (TPSA) is 26.0 Å². The van der Waals surface area contributed by atoms with Crippen LogP contribution in [0, 0.1) is 12.7 Å². The smallest absolute Gasteiger partial charge is 0.324 e. The van der Waals surface area contributed by atoms with Gasteiger partial charge in [0.2, 0.25) is 0 Å². The molecule has 0 aliphatic carbocycles. The molecule has 84 valence electrons. The SMILES string of the molecule is Cc1ccc([C@@H](N)CC(F)(F)F)c(F)c1. The maximum absolute atomic E-state index is 13.2. The Bertz CT molecular complexity index is 346. The molecule has 1 aromatic carbocycles. The van der Waals surface area contributed by atoms with E-state index in [1.54, 1.807) is 6.92 Å². The lowest BCUT2D eigenvalue weighted by atomic mass is 10.0. The summed E-state index contributed by atoms with van der Waals surface area (Å²) in [6, 6.07) is 2.66. The van der Waals surface area contributed by atoms with E-state index in [2.05, 4.69) is 0 Å². The van der Waals surface area contributed by atoms with E-state index in [0.717, 1.165) is 0 Å². The Morgan fingerprint density at radius 3 is 2.40 bits per heavy atom. The maximum atomic E-state index is 13.2. The molecule has 0 aliphatic rings. The Labute approximate surface area is 84.9 Å². The van der Waals surface area contributed by atoms with Crippen LogP contribution < -0.4 is 5.73 Å². The highest BCUT2D eigenvalue weighted by Crippen LogP contribution is 2.29. The third kappa shape index (κ3) is 3.51. The third-order valence-electron chi connectivity index (χ3n) is 2.01. The Hall–Kier alpha value is -1.10. The van der Waals surface area contributed by atoms with Gasteiger partial charge in [0.25, 0.3) is 0 Å². The molecular formula is C10H11F4N. The largest absolute Gasteiger partial charge is 0.390 e. The van der Waals surface area contributed by atoms with Crippen molar-refractivity contribution in [3.8, 4) is 0 Å². The molecule has 2 N–H and O–H groups in total. The van der Waals surface area contributed by atoms with Crippen molar-refractivity contribution in [1.29, 1.82) is 0 Å². The standard InChI is InChI=1S/C10H11F4N/c1-6-2-3-7(8(11)4-6)9(15)5-10(12,13)14/h2-4,9H,5,15H2,1H3/t9-/m0/s1. The normalized spacial score (nSPS) is 14.0. The molecule has 0 radical (unpaired) electrons. The number of aryl methyl sites for hydroxylation is 1.